The molecule has 1 saturated heterocycles. The predicted octanol–water partition coefficient (Wildman–Crippen LogP) is 4.01. The Morgan fingerprint density at radius 3 is 2.36 bits per heavy atom. The number of anilines is 2. The van der Waals surface area contributed by atoms with Crippen LogP contribution in [0.25, 0.3) is 0 Å². The van der Waals surface area contributed by atoms with Gasteiger partial charge in [-0.3, -0.25) is 9.59 Å². The van der Waals surface area contributed by atoms with Crippen LogP contribution in [0.4, 0.5) is 11.4 Å². The summed E-state index contributed by atoms with van der Waals surface area (Å²) < 4.78 is 0. The number of carbonyl (C=O) groups is 2. The van der Waals surface area contributed by atoms with E-state index in [1.54, 1.807) is 0 Å². The number of hydrogen-bond donors (Lipinski definition) is 2. The molecule has 1 aromatic carbocycles. The van der Waals surface area contributed by atoms with Crippen molar-refractivity contribution in [2.75, 3.05) is 29.9 Å². The maximum absolute atomic E-state index is 12.8. The average Bonchev–Trinajstić information content (AvgIpc) is 3.37. The minimum absolute atomic E-state index is 0.116. The van der Waals surface area contributed by atoms with Crippen molar-refractivity contribution >= 4 is 23.2 Å². The summed E-state index contributed by atoms with van der Waals surface area (Å²) in [5, 5.41) is 5.95. The molecule has 2 fully saturated rings. The van der Waals surface area contributed by atoms with Gasteiger partial charge in [-0.05, 0) is 82.1 Å². The van der Waals surface area contributed by atoms with Crippen molar-refractivity contribution in [2.24, 2.45) is 5.41 Å². The van der Waals surface area contributed by atoms with E-state index in [1.165, 1.54) is 36.9 Å². The fourth-order valence-electron chi connectivity index (χ4n) is 4.30. The van der Waals surface area contributed by atoms with Gasteiger partial charge in [0.25, 0.3) is 0 Å². The molecule has 1 aliphatic heterocycles. The van der Waals surface area contributed by atoms with Gasteiger partial charge in [-0.1, -0.05) is 11.6 Å². The Kier molecular flexibility index (Phi) is 5.69. The van der Waals surface area contributed by atoms with Crippen LogP contribution in [0.15, 0.2) is 35.9 Å². The number of benzene rings is 1. The first kappa shape index (κ1) is 19.0. The largest absolute Gasteiger partial charge is 0.372 e. The third-order valence-electron chi connectivity index (χ3n) is 6.33. The molecule has 150 valence electrons. The molecule has 2 N–H and O–H groups in total. The Labute approximate surface area is 167 Å². The average molecular weight is 382 g/mol. The molecule has 0 spiro atoms. The lowest BCUT2D eigenvalue weighted by Gasteiger charge is -2.19. The van der Waals surface area contributed by atoms with E-state index in [9.17, 15) is 9.59 Å². The fourth-order valence-corrected chi connectivity index (χ4v) is 4.30. The molecular weight excluding hydrogens is 350 g/mol. The summed E-state index contributed by atoms with van der Waals surface area (Å²) in [4.78, 5) is 27.7. The molecule has 5 heteroatoms. The first-order valence-electron chi connectivity index (χ1n) is 10.8. The molecule has 1 saturated carbocycles. The number of allylic oxidation sites excluding steroid dienone is 1. The van der Waals surface area contributed by atoms with E-state index < -0.39 is 5.41 Å². The van der Waals surface area contributed by atoms with Gasteiger partial charge in [-0.25, -0.2) is 0 Å². The number of amides is 2. The zero-order chi connectivity index (χ0) is 19.4. The lowest BCUT2D eigenvalue weighted by atomic mass is 9.97. The summed E-state index contributed by atoms with van der Waals surface area (Å²) in [5.41, 5.74) is 2.54. The van der Waals surface area contributed by atoms with E-state index in [0.29, 0.717) is 19.4 Å². The Morgan fingerprint density at radius 1 is 0.964 bits per heavy atom. The predicted molar refractivity (Wildman–Crippen MR) is 112 cm³/mol. The Hall–Kier alpha value is -2.30. The highest BCUT2D eigenvalue weighted by Gasteiger charge is 2.56. The van der Waals surface area contributed by atoms with Crippen LogP contribution in [0.3, 0.4) is 0 Å². The summed E-state index contributed by atoms with van der Waals surface area (Å²) in [6, 6.07) is 7.99. The van der Waals surface area contributed by atoms with Gasteiger partial charge in [0.15, 0.2) is 0 Å². The number of hydrogen-bond acceptors (Lipinski definition) is 3. The molecule has 1 aromatic rings. The molecule has 0 aromatic heterocycles. The second kappa shape index (κ2) is 8.38. The lowest BCUT2D eigenvalue weighted by Crippen LogP contribution is -2.40. The fraction of sp³-hybridized carbons (Fsp3) is 0.565. The zero-order valence-electron chi connectivity index (χ0n) is 16.6. The highest BCUT2D eigenvalue weighted by molar-refractivity contribution is 6.13. The second-order valence-corrected chi connectivity index (χ2v) is 8.39. The number of nitrogens with zero attached hydrogens (tertiary/aromatic N) is 1. The van der Waals surface area contributed by atoms with Gasteiger partial charge in [0, 0.05) is 31.0 Å². The molecule has 5 nitrogen and oxygen atoms in total. The van der Waals surface area contributed by atoms with E-state index in [2.05, 4.69) is 33.7 Å². The topological polar surface area (TPSA) is 61.4 Å². The highest BCUT2D eigenvalue weighted by Crippen LogP contribution is 2.47. The molecule has 3 aliphatic rings. The molecule has 4 rings (SSSR count). The molecule has 0 bridgehead atoms. The number of rotatable bonds is 7. The minimum Gasteiger partial charge on any atom is -0.372 e. The molecule has 0 unspecified atom stereocenters. The Balaban J connectivity index is 1.28. The first-order chi connectivity index (χ1) is 13.7. The van der Waals surface area contributed by atoms with Crippen LogP contribution >= 0.6 is 0 Å². The Morgan fingerprint density at radius 2 is 1.71 bits per heavy atom. The van der Waals surface area contributed by atoms with Crippen LogP contribution in [-0.2, 0) is 9.59 Å². The molecule has 2 amide bonds. The smallest absolute Gasteiger partial charge is 0.240 e. The molecule has 1 heterocycles. The van der Waals surface area contributed by atoms with Crippen molar-refractivity contribution in [1.82, 2.24) is 5.32 Å². The third kappa shape index (κ3) is 4.23. The van der Waals surface area contributed by atoms with Crippen molar-refractivity contribution in [2.45, 2.75) is 57.8 Å². The van der Waals surface area contributed by atoms with E-state index in [4.69, 9.17) is 0 Å². The highest BCUT2D eigenvalue weighted by atomic mass is 16.2. The van der Waals surface area contributed by atoms with Crippen LogP contribution in [0.5, 0.6) is 0 Å². The van der Waals surface area contributed by atoms with Gasteiger partial charge in [-0.15, -0.1) is 0 Å². The summed E-state index contributed by atoms with van der Waals surface area (Å²) in [6.45, 7) is 2.84. The van der Waals surface area contributed by atoms with Crippen LogP contribution in [0, 0.1) is 5.41 Å². The van der Waals surface area contributed by atoms with Crippen LogP contribution in [0.1, 0.15) is 57.8 Å². The standard InChI is InChI=1S/C23H31N3O2/c27-21(24-15-12-18-6-2-1-3-7-18)23(13-14-23)22(28)25-19-8-10-20(11-9-19)26-16-4-5-17-26/h6,8-11H,1-5,7,12-17H2,(H,24,27)(H,25,28). The van der Waals surface area contributed by atoms with Gasteiger partial charge in [-0.2, -0.15) is 0 Å². The van der Waals surface area contributed by atoms with Crippen molar-refractivity contribution in [3.63, 3.8) is 0 Å². The van der Waals surface area contributed by atoms with E-state index in [1.807, 2.05) is 12.1 Å². The summed E-state index contributed by atoms with van der Waals surface area (Å²) in [5.74, 6) is -0.286. The minimum atomic E-state index is -0.866. The van der Waals surface area contributed by atoms with Gasteiger partial charge < -0.3 is 15.5 Å². The lowest BCUT2D eigenvalue weighted by molar-refractivity contribution is -0.134. The Bertz CT molecular complexity index is 744. The maximum atomic E-state index is 12.8. The molecule has 28 heavy (non-hydrogen) atoms. The molecule has 0 radical (unpaired) electrons. The third-order valence-corrected chi connectivity index (χ3v) is 6.33. The van der Waals surface area contributed by atoms with Gasteiger partial charge in [0.2, 0.25) is 11.8 Å². The van der Waals surface area contributed by atoms with Crippen LogP contribution < -0.4 is 15.5 Å². The van der Waals surface area contributed by atoms with Gasteiger partial charge in [0.05, 0.1) is 0 Å². The first-order valence-corrected chi connectivity index (χ1v) is 10.8. The van der Waals surface area contributed by atoms with Crippen molar-refractivity contribution in [3.8, 4) is 0 Å². The molecular formula is C23H31N3O2. The summed E-state index contributed by atoms with van der Waals surface area (Å²) in [7, 11) is 0. The summed E-state index contributed by atoms with van der Waals surface area (Å²) in [6.07, 6.45) is 11.8. The quantitative estimate of drug-likeness (QED) is 0.554. The monoisotopic (exact) mass is 381 g/mol. The normalized spacial score (nSPS) is 20.4. The molecule has 0 atom stereocenters. The van der Waals surface area contributed by atoms with Gasteiger partial charge >= 0.3 is 0 Å². The SMILES string of the molecule is O=C(NCCC1=CCCCC1)C1(C(=O)Nc2ccc(N3CCCC3)cc2)CC1. The van der Waals surface area contributed by atoms with E-state index >= 15 is 0 Å². The van der Waals surface area contributed by atoms with Crippen molar-refractivity contribution in [3.05, 3.63) is 35.9 Å². The maximum Gasteiger partial charge on any atom is 0.240 e. The summed E-state index contributed by atoms with van der Waals surface area (Å²) >= 11 is 0. The zero-order valence-corrected chi connectivity index (χ0v) is 16.6. The van der Waals surface area contributed by atoms with Crippen LogP contribution in [-0.4, -0.2) is 31.4 Å². The second-order valence-electron chi connectivity index (χ2n) is 8.39. The van der Waals surface area contributed by atoms with E-state index in [0.717, 1.165) is 38.0 Å². The number of nitrogens with one attached hydrogen (secondary N) is 2. The molecule has 2 aliphatic carbocycles. The van der Waals surface area contributed by atoms with E-state index in [-0.39, 0.29) is 11.8 Å². The van der Waals surface area contributed by atoms with Crippen molar-refractivity contribution < 1.29 is 9.59 Å². The van der Waals surface area contributed by atoms with Crippen LogP contribution in [0.2, 0.25) is 0 Å². The van der Waals surface area contributed by atoms with Gasteiger partial charge in [0.1, 0.15) is 5.41 Å². The van der Waals surface area contributed by atoms with Crippen molar-refractivity contribution in [1.29, 1.82) is 0 Å². The number of carbonyl (C=O) groups excluding carboxylic acids is 2.